The first kappa shape index (κ1) is 17.7. The van der Waals surface area contributed by atoms with E-state index in [1.54, 1.807) is 0 Å². The molecule has 0 aromatic heterocycles. The maximum absolute atomic E-state index is 12.2. The molecule has 1 rings (SSSR count). The second-order valence-electron chi connectivity index (χ2n) is 6.43. The standard InChI is InChI=1S/C17H26O3Si/c1-17(2,3)15(20-21(5)6)14(16(18)19-4)12-13-10-8-7-9-11-13/h7-12,15,21H,1-6H3. The van der Waals surface area contributed by atoms with E-state index >= 15 is 0 Å². The summed E-state index contributed by atoms with van der Waals surface area (Å²) in [7, 11) is 0.117. The molecule has 1 unspecified atom stereocenters. The minimum atomic E-state index is -1.29. The Balaban J connectivity index is 3.27. The van der Waals surface area contributed by atoms with E-state index < -0.39 is 9.04 Å². The van der Waals surface area contributed by atoms with Crippen LogP contribution in [0.3, 0.4) is 0 Å². The average molecular weight is 306 g/mol. The molecule has 0 saturated heterocycles. The van der Waals surface area contributed by atoms with Crippen LogP contribution in [0.5, 0.6) is 0 Å². The topological polar surface area (TPSA) is 35.5 Å². The van der Waals surface area contributed by atoms with E-state index in [-0.39, 0.29) is 17.5 Å². The minimum absolute atomic E-state index is 0.175. The summed E-state index contributed by atoms with van der Waals surface area (Å²) in [5, 5.41) is 0. The van der Waals surface area contributed by atoms with Gasteiger partial charge in [0.1, 0.15) is 0 Å². The molecule has 1 aromatic carbocycles. The number of rotatable bonds is 5. The van der Waals surface area contributed by atoms with E-state index in [1.807, 2.05) is 36.4 Å². The van der Waals surface area contributed by atoms with Gasteiger partial charge in [0, 0.05) is 0 Å². The third-order valence-electron chi connectivity index (χ3n) is 3.02. The quantitative estimate of drug-likeness (QED) is 0.473. The van der Waals surface area contributed by atoms with Crippen molar-refractivity contribution in [3.63, 3.8) is 0 Å². The van der Waals surface area contributed by atoms with Crippen LogP contribution in [0, 0.1) is 5.41 Å². The van der Waals surface area contributed by atoms with Gasteiger partial charge in [0.05, 0.1) is 18.8 Å². The van der Waals surface area contributed by atoms with Crippen LogP contribution >= 0.6 is 0 Å². The van der Waals surface area contributed by atoms with Crippen molar-refractivity contribution < 1.29 is 14.0 Å². The van der Waals surface area contributed by atoms with Gasteiger partial charge in [-0.05, 0) is 30.1 Å². The number of benzene rings is 1. The SMILES string of the molecule is COC(=O)C(=Cc1ccccc1)C(O[SiH](C)C)C(C)(C)C. The molecule has 0 amide bonds. The Bertz CT molecular complexity index is 487. The van der Waals surface area contributed by atoms with Gasteiger partial charge in [-0.2, -0.15) is 0 Å². The predicted molar refractivity (Wildman–Crippen MR) is 89.6 cm³/mol. The van der Waals surface area contributed by atoms with E-state index in [0.29, 0.717) is 5.57 Å². The molecular formula is C17H26O3Si. The second kappa shape index (κ2) is 7.57. The number of carbonyl (C=O) groups excluding carboxylic acids is 1. The van der Waals surface area contributed by atoms with Crippen LogP contribution in [-0.4, -0.2) is 28.2 Å². The fourth-order valence-electron chi connectivity index (χ4n) is 2.10. The second-order valence-corrected chi connectivity index (χ2v) is 8.80. The monoisotopic (exact) mass is 306 g/mol. The molecule has 0 heterocycles. The van der Waals surface area contributed by atoms with Crippen molar-refractivity contribution in [2.24, 2.45) is 5.41 Å². The summed E-state index contributed by atoms with van der Waals surface area (Å²) in [6, 6.07) is 9.79. The molecule has 0 radical (unpaired) electrons. The first-order chi connectivity index (χ1) is 9.75. The number of ether oxygens (including phenoxy) is 1. The van der Waals surface area contributed by atoms with Gasteiger partial charge in [0.15, 0.2) is 9.04 Å². The van der Waals surface area contributed by atoms with Crippen molar-refractivity contribution in [3.8, 4) is 0 Å². The molecule has 0 fully saturated rings. The summed E-state index contributed by atoms with van der Waals surface area (Å²) in [4.78, 5) is 12.2. The fourth-order valence-corrected chi connectivity index (χ4v) is 3.20. The molecule has 0 aliphatic heterocycles. The highest BCUT2D eigenvalue weighted by atomic mass is 28.3. The zero-order valence-corrected chi connectivity index (χ0v) is 15.0. The molecule has 0 aliphatic carbocycles. The highest BCUT2D eigenvalue weighted by molar-refractivity contribution is 6.48. The number of hydrogen-bond acceptors (Lipinski definition) is 3. The highest BCUT2D eigenvalue weighted by Gasteiger charge is 2.33. The minimum Gasteiger partial charge on any atom is -0.466 e. The van der Waals surface area contributed by atoms with E-state index in [2.05, 4.69) is 33.9 Å². The number of hydrogen-bond donors (Lipinski definition) is 0. The van der Waals surface area contributed by atoms with Gasteiger partial charge in [-0.3, -0.25) is 0 Å². The van der Waals surface area contributed by atoms with E-state index in [1.165, 1.54) is 7.11 Å². The van der Waals surface area contributed by atoms with Crippen molar-refractivity contribution >= 4 is 21.1 Å². The van der Waals surface area contributed by atoms with E-state index in [4.69, 9.17) is 9.16 Å². The van der Waals surface area contributed by atoms with Gasteiger partial charge in [-0.15, -0.1) is 0 Å². The van der Waals surface area contributed by atoms with Crippen LogP contribution in [-0.2, 0) is 14.0 Å². The zero-order chi connectivity index (χ0) is 16.0. The Labute approximate surface area is 129 Å². The predicted octanol–water partition coefficient (Wildman–Crippen LogP) is 3.66. The molecule has 21 heavy (non-hydrogen) atoms. The number of methoxy groups -OCH3 is 1. The molecule has 1 aromatic rings. The van der Waals surface area contributed by atoms with Crippen LogP contribution in [0.15, 0.2) is 35.9 Å². The van der Waals surface area contributed by atoms with Gasteiger partial charge in [-0.25, -0.2) is 4.79 Å². The van der Waals surface area contributed by atoms with Crippen molar-refractivity contribution in [1.29, 1.82) is 0 Å². The average Bonchev–Trinajstić information content (AvgIpc) is 2.41. The third kappa shape index (κ3) is 5.48. The van der Waals surface area contributed by atoms with Crippen LogP contribution in [0.1, 0.15) is 26.3 Å². The molecule has 0 aliphatic rings. The smallest absolute Gasteiger partial charge is 0.336 e. The summed E-state index contributed by atoms with van der Waals surface area (Å²) in [6.45, 7) is 10.5. The lowest BCUT2D eigenvalue weighted by molar-refractivity contribution is -0.137. The van der Waals surface area contributed by atoms with Gasteiger partial charge in [0.2, 0.25) is 0 Å². The first-order valence-electron chi connectivity index (χ1n) is 7.26. The molecule has 1 atom stereocenters. The van der Waals surface area contributed by atoms with E-state index in [0.717, 1.165) is 5.56 Å². The Hall–Kier alpha value is -1.39. The fraction of sp³-hybridized carbons (Fsp3) is 0.471. The van der Waals surface area contributed by atoms with Crippen molar-refractivity contribution in [1.82, 2.24) is 0 Å². The third-order valence-corrected chi connectivity index (χ3v) is 3.84. The molecule has 3 nitrogen and oxygen atoms in total. The maximum atomic E-state index is 12.2. The Morgan fingerprint density at radius 3 is 2.19 bits per heavy atom. The maximum Gasteiger partial charge on any atom is 0.336 e. The molecule has 0 bridgehead atoms. The lowest BCUT2D eigenvalue weighted by Crippen LogP contribution is -2.37. The van der Waals surface area contributed by atoms with Gasteiger partial charge >= 0.3 is 5.97 Å². The zero-order valence-electron chi connectivity index (χ0n) is 13.8. The summed E-state index contributed by atoms with van der Waals surface area (Å²) in [5.41, 5.74) is 1.38. The van der Waals surface area contributed by atoms with Gasteiger partial charge in [0.25, 0.3) is 0 Å². The van der Waals surface area contributed by atoms with Crippen LogP contribution < -0.4 is 0 Å². The summed E-state index contributed by atoms with van der Waals surface area (Å²) >= 11 is 0. The Morgan fingerprint density at radius 2 is 1.76 bits per heavy atom. The molecule has 4 heteroatoms. The molecule has 0 N–H and O–H groups in total. The summed E-state index contributed by atoms with van der Waals surface area (Å²) < 4.78 is 11.1. The van der Waals surface area contributed by atoms with Crippen molar-refractivity contribution in [2.75, 3.05) is 7.11 Å². The molecule has 0 spiro atoms. The highest BCUT2D eigenvalue weighted by Crippen LogP contribution is 2.30. The summed E-state index contributed by atoms with van der Waals surface area (Å²) in [5.74, 6) is -0.326. The Morgan fingerprint density at radius 1 is 1.19 bits per heavy atom. The number of esters is 1. The molecule has 116 valence electrons. The lowest BCUT2D eigenvalue weighted by atomic mass is 9.84. The van der Waals surface area contributed by atoms with Crippen molar-refractivity contribution in [2.45, 2.75) is 40.0 Å². The first-order valence-corrected chi connectivity index (χ1v) is 10.0. The summed E-state index contributed by atoms with van der Waals surface area (Å²) in [6.07, 6.45) is 1.61. The molecular weight excluding hydrogens is 280 g/mol. The normalized spacial score (nSPS) is 14.1. The lowest BCUT2D eigenvalue weighted by Gasteiger charge is -2.33. The van der Waals surface area contributed by atoms with Crippen LogP contribution in [0.2, 0.25) is 13.1 Å². The molecule has 0 saturated carbocycles. The van der Waals surface area contributed by atoms with Crippen molar-refractivity contribution in [3.05, 3.63) is 41.5 Å². The van der Waals surface area contributed by atoms with Gasteiger partial charge in [-0.1, -0.05) is 51.1 Å². The van der Waals surface area contributed by atoms with Gasteiger partial charge < -0.3 is 9.16 Å². The van der Waals surface area contributed by atoms with E-state index in [9.17, 15) is 4.79 Å². The Kier molecular flexibility index (Phi) is 6.36. The largest absolute Gasteiger partial charge is 0.466 e. The number of carbonyl (C=O) groups is 1. The van der Waals surface area contributed by atoms with Crippen LogP contribution in [0.25, 0.3) is 6.08 Å². The van der Waals surface area contributed by atoms with Crippen LogP contribution in [0.4, 0.5) is 0 Å².